The van der Waals surface area contributed by atoms with Crippen LogP contribution in [-0.4, -0.2) is 46.3 Å². The lowest BCUT2D eigenvalue weighted by Gasteiger charge is -2.33. The molecule has 130 valence electrons. The van der Waals surface area contributed by atoms with Crippen LogP contribution in [-0.2, 0) is 4.84 Å². The summed E-state index contributed by atoms with van der Waals surface area (Å²) in [4.78, 5) is 24.7. The number of phenolic OH excluding ortho intramolecular Hbond substituents is 1. The van der Waals surface area contributed by atoms with E-state index in [0.717, 1.165) is 44.6 Å². The Balaban J connectivity index is 1.47. The van der Waals surface area contributed by atoms with Gasteiger partial charge in [0.2, 0.25) is 0 Å². The summed E-state index contributed by atoms with van der Waals surface area (Å²) in [5, 5.41) is 11.2. The number of benzene rings is 1. The summed E-state index contributed by atoms with van der Waals surface area (Å²) in [5.41, 5.74) is 1.43. The largest absolute Gasteiger partial charge is 0.508 e. The van der Waals surface area contributed by atoms with Crippen molar-refractivity contribution in [3.8, 4) is 5.75 Å². The third kappa shape index (κ3) is 3.05. The lowest BCUT2D eigenvalue weighted by molar-refractivity contribution is -0.150. The van der Waals surface area contributed by atoms with Crippen molar-refractivity contribution < 1.29 is 14.7 Å². The summed E-state index contributed by atoms with van der Waals surface area (Å²) in [5.74, 6) is -0.238. The van der Waals surface area contributed by atoms with Gasteiger partial charge in [0.25, 0.3) is 0 Å². The van der Waals surface area contributed by atoms with Crippen LogP contribution in [0.5, 0.6) is 5.75 Å². The SMILES string of the molecule is O=C(ON1CCC[C@]12CCN(c1cccnc1)C2)c1ccc(O)cc1. The number of aromatic hydroxyl groups is 1. The molecule has 1 N–H and O–H groups in total. The first-order valence-electron chi connectivity index (χ1n) is 8.60. The Morgan fingerprint density at radius 2 is 2.00 bits per heavy atom. The summed E-state index contributed by atoms with van der Waals surface area (Å²) >= 11 is 0. The molecule has 2 aliphatic rings. The second-order valence-corrected chi connectivity index (χ2v) is 6.74. The second-order valence-electron chi connectivity index (χ2n) is 6.74. The van der Waals surface area contributed by atoms with Crippen LogP contribution < -0.4 is 4.90 Å². The van der Waals surface area contributed by atoms with Gasteiger partial charge in [-0.15, -0.1) is 5.06 Å². The van der Waals surface area contributed by atoms with E-state index in [2.05, 4.69) is 16.0 Å². The molecule has 25 heavy (non-hydrogen) atoms. The Morgan fingerprint density at radius 1 is 1.16 bits per heavy atom. The van der Waals surface area contributed by atoms with Gasteiger partial charge in [0.05, 0.1) is 23.0 Å². The Kier molecular flexibility index (Phi) is 4.05. The van der Waals surface area contributed by atoms with E-state index in [1.807, 2.05) is 17.3 Å². The fourth-order valence-corrected chi connectivity index (χ4v) is 3.83. The topological polar surface area (TPSA) is 65.9 Å². The lowest BCUT2D eigenvalue weighted by atomic mass is 9.96. The quantitative estimate of drug-likeness (QED) is 0.927. The maximum atomic E-state index is 12.4. The highest BCUT2D eigenvalue weighted by molar-refractivity contribution is 5.89. The summed E-state index contributed by atoms with van der Waals surface area (Å²) in [7, 11) is 0. The molecule has 2 saturated heterocycles. The van der Waals surface area contributed by atoms with Crippen molar-refractivity contribution in [2.45, 2.75) is 24.8 Å². The normalized spacial score (nSPS) is 23.3. The van der Waals surface area contributed by atoms with E-state index in [4.69, 9.17) is 4.84 Å². The first kappa shape index (κ1) is 15.9. The zero-order valence-electron chi connectivity index (χ0n) is 14.0. The van der Waals surface area contributed by atoms with Crippen molar-refractivity contribution in [2.24, 2.45) is 0 Å². The van der Waals surface area contributed by atoms with Crippen LogP contribution in [0.2, 0.25) is 0 Å². The number of anilines is 1. The molecule has 2 fully saturated rings. The zero-order valence-corrected chi connectivity index (χ0v) is 14.0. The van der Waals surface area contributed by atoms with Crippen molar-refractivity contribution in [3.05, 3.63) is 54.4 Å². The van der Waals surface area contributed by atoms with E-state index in [-0.39, 0.29) is 17.3 Å². The predicted molar refractivity (Wildman–Crippen MR) is 93.3 cm³/mol. The Bertz CT molecular complexity index is 750. The minimum absolute atomic E-state index is 0.123. The Morgan fingerprint density at radius 3 is 2.76 bits per heavy atom. The molecule has 0 radical (unpaired) electrons. The molecule has 0 bridgehead atoms. The molecule has 0 unspecified atom stereocenters. The number of nitrogens with zero attached hydrogens (tertiary/aromatic N) is 3. The average Bonchev–Trinajstić information content (AvgIpc) is 3.24. The fraction of sp³-hybridized carbons (Fsp3) is 0.368. The maximum absolute atomic E-state index is 12.4. The molecule has 3 heterocycles. The molecule has 1 spiro atoms. The highest BCUT2D eigenvalue weighted by atomic mass is 16.7. The van der Waals surface area contributed by atoms with E-state index in [1.54, 1.807) is 18.3 Å². The van der Waals surface area contributed by atoms with E-state index in [1.165, 1.54) is 12.1 Å². The number of carbonyl (C=O) groups is 1. The lowest BCUT2D eigenvalue weighted by Crippen LogP contribution is -2.47. The summed E-state index contributed by atoms with van der Waals surface area (Å²) in [6, 6.07) is 10.2. The summed E-state index contributed by atoms with van der Waals surface area (Å²) in [6.07, 6.45) is 6.65. The molecule has 0 aliphatic carbocycles. The molecule has 2 aliphatic heterocycles. The first-order valence-corrected chi connectivity index (χ1v) is 8.60. The molecule has 6 nitrogen and oxygen atoms in total. The van der Waals surface area contributed by atoms with Crippen molar-refractivity contribution >= 4 is 11.7 Å². The highest BCUT2D eigenvalue weighted by Crippen LogP contribution is 2.39. The van der Waals surface area contributed by atoms with Crippen molar-refractivity contribution in [2.75, 3.05) is 24.5 Å². The molecule has 0 amide bonds. The number of rotatable bonds is 3. The average molecular weight is 339 g/mol. The van der Waals surface area contributed by atoms with Crippen molar-refractivity contribution in [1.29, 1.82) is 0 Å². The van der Waals surface area contributed by atoms with Crippen LogP contribution in [0, 0.1) is 0 Å². The molecule has 1 atom stereocenters. The van der Waals surface area contributed by atoms with Gasteiger partial charge in [-0.3, -0.25) is 4.98 Å². The molecule has 1 aromatic heterocycles. The minimum atomic E-state index is -0.374. The fourth-order valence-electron chi connectivity index (χ4n) is 3.83. The van der Waals surface area contributed by atoms with E-state index >= 15 is 0 Å². The standard InChI is InChI=1S/C19H21N3O3/c23-17-6-4-15(5-7-17)18(24)25-22-11-2-8-19(22)9-12-21(14-19)16-3-1-10-20-13-16/h1,3-7,10,13,23H,2,8-9,11-12,14H2/t19-/m1/s1. The smallest absolute Gasteiger partial charge is 0.357 e. The van der Waals surface area contributed by atoms with Gasteiger partial charge < -0.3 is 14.8 Å². The van der Waals surface area contributed by atoms with E-state index in [9.17, 15) is 9.90 Å². The van der Waals surface area contributed by atoms with Gasteiger partial charge in [-0.05, 0) is 55.7 Å². The van der Waals surface area contributed by atoms with Gasteiger partial charge in [0.1, 0.15) is 5.75 Å². The molecule has 6 heteroatoms. The third-order valence-electron chi connectivity index (χ3n) is 5.17. The number of hydrogen-bond acceptors (Lipinski definition) is 6. The van der Waals surface area contributed by atoms with Gasteiger partial charge in [-0.25, -0.2) is 4.79 Å². The zero-order chi connectivity index (χ0) is 17.3. The number of hydroxylamine groups is 2. The van der Waals surface area contributed by atoms with Gasteiger partial charge in [0.15, 0.2) is 0 Å². The molecule has 1 aromatic carbocycles. The van der Waals surface area contributed by atoms with Crippen LogP contribution in [0.15, 0.2) is 48.8 Å². The van der Waals surface area contributed by atoms with Crippen LogP contribution in [0.4, 0.5) is 5.69 Å². The first-order chi connectivity index (χ1) is 12.2. The van der Waals surface area contributed by atoms with E-state index in [0.29, 0.717) is 5.56 Å². The van der Waals surface area contributed by atoms with Crippen LogP contribution in [0.1, 0.15) is 29.6 Å². The van der Waals surface area contributed by atoms with Gasteiger partial charge in [0, 0.05) is 25.8 Å². The highest BCUT2D eigenvalue weighted by Gasteiger charge is 2.48. The monoisotopic (exact) mass is 339 g/mol. The number of carbonyl (C=O) groups excluding carboxylic acids is 1. The Hall–Kier alpha value is -2.60. The van der Waals surface area contributed by atoms with Gasteiger partial charge >= 0.3 is 5.97 Å². The third-order valence-corrected chi connectivity index (χ3v) is 5.17. The molecule has 2 aromatic rings. The summed E-state index contributed by atoms with van der Waals surface area (Å²) < 4.78 is 0. The van der Waals surface area contributed by atoms with Crippen LogP contribution >= 0.6 is 0 Å². The second kappa shape index (κ2) is 6.37. The molecule has 4 rings (SSSR count). The Labute approximate surface area is 146 Å². The molecule has 0 saturated carbocycles. The van der Waals surface area contributed by atoms with Crippen molar-refractivity contribution in [1.82, 2.24) is 10.0 Å². The van der Waals surface area contributed by atoms with Gasteiger partial charge in [-0.1, -0.05) is 0 Å². The summed E-state index contributed by atoms with van der Waals surface area (Å²) in [6.45, 7) is 2.52. The predicted octanol–water partition coefficient (Wildman–Crippen LogP) is 2.60. The number of phenols is 1. The molecular formula is C19H21N3O3. The maximum Gasteiger partial charge on any atom is 0.357 e. The van der Waals surface area contributed by atoms with Crippen LogP contribution in [0.3, 0.4) is 0 Å². The number of hydrogen-bond donors (Lipinski definition) is 1. The van der Waals surface area contributed by atoms with Crippen LogP contribution in [0.25, 0.3) is 0 Å². The molecular weight excluding hydrogens is 318 g/mol. The van der Waals surface area contributed by atoms with Crippen molar-refractivity contribution in [3.63, 3.8) is 0 Å². The minimum Gasteiger partial charge on any atom is -0.508 e. The van der Waals surface area contributed by atoms with Gasteiger partial charge in [-0.2, -0.15) is 0 Å². The van der Waals surface area contributed by atoms with E-state index < -0.39 is 0 Å². The number of aromatic nitrogens is 1. The number of pyridine rings is 1.